The van der Waals surface area contributed by atoms with E-state index < -0.39 is 10.0 Å². The number of rotatable bonds is 4. The van der Waals surface area contributed by atoms with Gasteiger partial charge in [0.2, 0.25) is 10.0 Å². The fourth-order valence-corrected chi connectivity index (χ4v) is 3.34. The first-order chi connectivity index (χ1) is 10.3. The Kier molecular flexibility index (Phi) is 3.46. The second kappa shape index (κ2) is 5.07. The predicted octanol–water partition coefficient (Wildman–Crippen LogP) is 3.57. The van der Waals surface area contributed by atoms with Gasteiger partial charge < -0.3 is 0 Å². The van der Waals surface area contributed by atoms with Crippen LogP contribution in [0.15, 0.2) is 71.2 Å². The van der Waals surface area contributed by atoms with Crippen LogP contribution in [0, 0.1) is 5.41 Å². The molecular weight excluding hydrogens is 294 g/mol. The normalized spacial score (nSPS) is 19.4. The predicted molar refractivity (Wildman–Crippen MR) is 89.5 cm³/mol. The maximum atomic E-state index is 11.4. The standard InChI is InChI=1S/C18H19NO2S/c1-3-4-13(2)16-11-18(9-10-18)12-17(16)14-5-7-15(8-6-14)22(19,20)21/h3-8,11-12H,2,9-10H2,1H3,(H2,19,20,21)/b4-3-. The van der Waals surface area contributed by atoms with Crippen molar-refractivity contribution in [1.29, 1.82) is 0 Å². The van der Waals surface area contributed by atoms with Gasteiger partial charge in [0.1, 0.15) is 0 Å². The Morgan fingerprint density at radius 3 is 2.36 bits per heavy atom. The summed E-state index contributed by atoms with van der Waals surface area (Å²) in [5.41, 5.74) is 4.43. The van der Waals surface area contributed by atoms with Crippen molar-refractivity contribution in [3.8, 4) is 0 Å². The molecule has 0 aromatic heterocycles. The highest BCUT2D eigenvalue weighted by Gasteiger charge is 2.43. The molecule has 1 fully saturated rings. The lowest BCUT2D eigenvalue weighted by molar-refractivity contribution is 0.598. The number of primary sulfonamides is 1. The van der Waals surface area contributed by atoms with Crippen LogP contribution in [-0.4, -0.2) is 8.42 Å². The van der Waals surface area contributed by atoms with Gasteiger partial charge in [-0.1, -0.05) is 43.0 Å². The van der Waals surface area contributed by atoms with Crippen LogP contribution in [0.1, 0.15) is 25.3 Å². The molecule has 1 spiro atoms. The summed E-state index contributed by atoms with van der Waals surface area (Å²) in [5, 5.41) is 5.15. The van der Waals surface area contributed by atoms with Crippen molar-refractivity contribution in [3.63, 3.8) is 0 Å². The maximum Gasteiger partial charge on any atom is 0.238 e. The van der Waals surface area contributed by atoms with Crippen LogP contribution < -0.4 is 5.14 Å². The van der Waals surface area contributed by atoms with Gasteiger partial charge >= 0.3 is 0 Å². The monoisotopic (exact) mass is 313 g/mol. The minimum atomic E-state index is -3.65. The third-order valence-electron chi connectivity index (χ3n) is 4.19. The van der Waals surface area contributed by atoms with E-state index in [1.165, 1.54) is 12.8 Å². The first kappa shape index (κ1) is 15.0. The zero-order valence-electron chi connectivity index (χ0n) is 12.5. The highest BCUT2D eigenvalue weighted by atomic mass is 32.2. The van der Waals surface area contributed by atoms with E-state index in [4.69, 9.17) is 5.14 Å². The Bertz CT molecular complexity index is 820. The summed E-state index contributed by atoms with van der Waals surface area (Å²) in [6.07, 6.45) is 10.9. The molecule has 2 aliphatic carbocycles. The van der Waals surface area contributed by atoms with Crippen molar-refractivity contribution in [2.75, 3.05) is 0 Å². The van der Waals surface area contributed by atoms with E-state index in [0.717, 1.165) is 22.3 Å². The Hall–Kier alpha value is -1.91. The Balaban J connectivity index is 2.00. The number of hydrogen-bond donors (Lipinski definition) is 1. The lowest BCUT2D eigenvalue weighted by Crippen LogP contribution is -2.11. The molecule has 1 aromatic rings. The van der Waals surface area contributed by atoms with E-state index in [1.54, 1.807) is 12.1 Å². The number of nitrogens with two attached hydrogens (primary N) is 1. The molecule has 0 unspecified atom stereocenters. The van der Waals surface area contributed by atoms with Crippen LogP contribution in [0.5, 0.6) is 0 Å². The summed E-state index contributed by atoms with van der Waals surface area (Å²) in [5.74, 6) is 0. The molecule has 2 aliphatic rings. The van der Waals surface area contributed by atoms with Gasteiger partial charge in [-0.3, -0.25) is 0 Å². The molecule has 3 nitrogen and oxygen atoms in total. The molecule has 22 heavy (non-hydrogen) atoms. The smallest absolute Gasteiger partial charge is 0.225 e. The minimum absolute atomic E-state index is 0.133. The summed E-state index contributed by atoms with van der Waals surface area (Å²) in [4.78, 5) is 0.133. The van der Waals surface area contributed by atoms with E-state index in [-0.39, 0.29) is 10.3 Å². The molecule has 114 valence electrons. The molecule has 0 bridgehead atoms. The zero-order chi connectivity index (χ0) is 16.0. The van der Waals surface area contributed by atoms with Gasteiger partial charge in [-0.15, -0.1) is 0 Å². The molecule has 0 atom stereocenters. The molecule has 0 heterocycles. The first-order valence-corrected chi connectivity index (χ1v) is 8.81. The average molecular weight is 313 g/mol. The van der Waals surface area contributed by atoms with E-state index in [2.05, 4.69) is 18.7 Å². The van der Waals surface area contributed by atoms with Crippen molar-refractivity contribution >= 4 is 15.6 Å². The summed E-state index contributed by atoms with van der Waals surface area (Å²) < 4.78 is 22.7. The van der Waals surface area contributed by atoms with Gasteiger partial charge in [0.15, 0.2) is 0 Å². The number of allylic oxidation sites excluding steroid dienone is 7. The Morgan fingerprint density at radius 2 is 1.86 bits per heavy atom. The van der Waals surface area contributed by atoms with Gasteiger partial charge in [0.25, 0.3) is 0 Å². The van der Waals surface area contributed by atoms with Crippen molar-refractivity contribution < 1.29 is 8.42 Å². The Morgan fingerprint density at radius 1 is 1.23 bits per heavy atom. The molecule has 4 heteroatoms. The molecule has 1 saturated carbocycles. The van der Waals surface area contributed by atoms with E-state index in [1.807, 2.05) is 31.2 Å². The summed E-state index contributed by atoms with van der Waals surface area (Å²) in [7, 11) is -3.65. The highest BCUT2D eigenvalue weighted by molar-refractivity contribution is 7.89. The van der Waals surface area contributed by atoms with Crippen molar-refractivity contribution in [1.82, 2.24) is 0 Å². The summed E-state index contributed by atoms with van der Waals surface area (Å²) >= 11 is 0. The maximum absolute atomic E-state index is 11.4. The number of hydrogen-bond acceptors (Lipinski definition) is 2. The number of sulfonamides is 1. The van der Waals surface area contributed by atoms with Crippen LogP contribution in [0.25, 0.3) is 5.57 Å². The summed E-state index contributed by atoms with van der Waals surface area (Å²) in [6, 6.07) is 6.73. The van der Waals surface area contributed by atoms with Gasteiger partial charge in [-0.05, 0) is 54.2 Å². The van der Waals surface area contributed by atoms with E-state index in [0.29, 0.717) is 0 Å². The molecule has 0 aliphatic heterocycles. The molecule has 2 N–H and O–H groups in total. The summed E-state index contributed by atoms with van der Waals surface area (Å²) in [6.45, 7) is 6.11. The highest BCUT2D eigenvalue weighted by Crippen LogP contribution is 2.56. The second-order valence-electron chi connectivity index (χ2n) is 5.94. The quantitative estimate of drug-likeness (QED) is 0.864. The Labute approximate surface area is 131 Å². The van der Waals surface area contributed by atoms with Gasteiger partial charge in [0.05, 0.1) is 4.90 Å². The van der Waals surface area contributed by atoms with E-state index in [9.17, 15) is 8.42 Å². The van der Waals surface area contributed by atoms with E-state index >= 15 is 0 Å². The largest absolute Gasteiger partial charge is 0.238 e. The number of benzene rings is 1. The fourth-order valence-electron chi connectivity index (χ4n) is 2.82. The fraction of sp³-hybridized carbons (Fsp3) is 0.222. The van der Waals surface area contributed by atoms with Crippen LogP contribution >= 0.6 is 0 Å². The lowest BCUT2D eigenvalue weighted by Gasteiger charge is -2.10. The lowest BCUT2D eigenvalue weighted by atomic mass is 9.95. The molecule has 3 rings (SSSR count). The minimum Gasteiger partial charge on any atom is -0.225 e. The third-order valence-corrected chi connectivity index (χ3v) is 5.12. The van der Waals surface area contributed by atoms with Crippen molar-refractivity contribution in [2.45, 2.75) is 24.7 Å². The van der Waals surface area contributed by atoms with Crippen LogP contribution in [0.3, 0.4) is 0 Å². The van der Waals surface area contributed by atoms with Crippen molar-refractivity contribution in [2.24, 2.45) is 10.6 Å². The van der Waals surface area contributed by atoms with Gasteiger partial charge in [-0.25, -0.2) is 13.6 Å². The molecule has 1 aromatic carbocycles. The SMILES string of the molecule is C=C(/C=C\C)C1=CC2(C=C1c1ccc(S(N)(=O)=O)cc1)CC2. The third kappa shape index (κ3) is 2.72. The molecule has 0 amide bonds. The second-order valence-corrected chi connectivity index (χ2v) is 7.51. The van der Waals surface area contributed by atoms with Crippen LogP contribution in [-0.2, 0) is 10.0 Å². The van der Waals surface area contributed by atoms with Gasteiger partial charge in [-0.2, -0.15) is 0 Å². The van der Waals surface area contributed by atoms with Gasteiger partial charge in [0, 0.05) is 5.41 Å². The molecule has 0 radical (unpaired) electrons. The zero-order valence-corrected chi connectivity index (χ0v) is 13.4. The topological polar surface area (TPSA) is 60.2 Å². The molecule has 0 saturated heterocycles. The average Bonchev–Trinajstić information content (AvgIpc) is 3.09. The first-order valence-electron chi connectivity index (χ1n) is 7.26. The van der Waals surface area contributed by atoms with Crippen LogP contribution in [0.2, 0.25) is 0 Å². The van der Waals surface area contributed by atoms with Crippen LogP contribution in [0.4, 0.5) is 0 Å². The molecular formula is C18H19NO2S. The van der Waals surface area contributed by atoms with Crippen molar-refractivity contribution in [3.05, 3.63) is 71.9 Å².